The quantitative estimate of drug-likeness (QED) is 0.341. The molecule has 0 aromatic carbocycles. The first-order valence-corrected chi connectivity index (χ1v) is 17.9. The summed E-state index contributed by atoms with van der Waals surface area (Å²) in [5.41, 5.74) is 0. The van der Waals surface area contributed by atoms with Gasteiger partial charge in [-0.1, -0.05) is 41.5 Å². The Morgan fingerprint density at radius 3 is 1.84 bits per heavy atom. The molecule has 12 heteroatoms. The van der Waals surface area contributed by atoms with E-state index >= 15 is 0 Å². The standard InChI is InChI=1S/C19H42NO8PSi2/c1-13(21)20-15-14(12-25-29(22,23)24)26-17(28-31(10,11)19(5,6)7)16(15)27-30(8,9)18(2,3)4/h14-17H,12H2,1-11H3,(H,20,21)(H2,22,23,24)/t14-,15-,16-,17+/m1/s1. The zero-order valence-electron chi connectivity index (χ0n) is 20.8. The first kappa shape index (κ1) is 28.9. The fourth-order valence-corrected chi connectivity index (χ4v) is 5.40. The van der Waals surface area contributed by atoms with Gasteiger partial charge >= 0.3 is 7.82 Å². The van der Waals surface area contributed by atoms with E-state index in [1.807, 2.05) is 0 Å². The van der Waals surface area contributed by atoms with Crippen molar-refractivity contribution in [1.29, 1.82) is 0 Å². The normalized spacial score (nSPS) is 26.2. The largest absolute Gasteiger partial charge is 0.469 e. The second-order valence-corrected chi connectivity index (χ2v) is 22.0. The molecule has 0 bridgehead atoms. The van der Waals surface area contributed by atoms with Crippen LogP contribution in [0.25, 0.3) is 0 Å². The van der Waals surface area contributed by atoms with Crippen molar-refractivity contribution in [2.24, 2.45) is 0 Å². The number of phosphoric ester groups is 1. The van der Waals surface area contributed by atoms with Crippen LogP contribution in [-0.4, -0.2) is 63.5 Å². The Bertz CT molecular complexity index is 683. The van der Waals surface area contributed by atoms with Crippen LogP contribution in [0.2, 0.25) is 36.3 Å². The van der Waals surface area contributed by atoms with Gasteiger partial charge in [-0.05, 0) is 36.3 Å². The highest BCUT2D eigenvalue weighted by Gasteiger charge is 2.54. The molecule has 1 amide bonds. The number of phosphoric acid groups is 1. The molecule has 4 atom stereocenters. The zero-order valence-corrected chi connectivity index (χ0v) is 23.7. The van der Waals surface area contributed by atoms with E-state index in [0.29, 0.717) is 0 Å². The number of carbonyl (C=O) groups is 1. The zero-order chi connectivity index (χ0) is 24.6. The molecule has 1 aliphatic rings. The molecule has 0 spiro atoms. The third-order valence-corrected chi connectivity index (χ3v) is 16.0. The molecule has 0 aliphatic carbocycles. The van der Waals surface area contributed by atoms with Gasteiger partial charge in [-0.2, -0.15) is 0 Å². The number of nitrogens with one attached hydrogen (secondary N) is 1. The first-order chi connectivity index (χ1) is 13.6. The van der Waals surface area contributed by atoms with Crippen LogP contribution in [0.4, 0.5) is 0 Å². The molecular weight excluding hydrogens is 457 g/mol. The first-order valence-electron chi connectivity index (χ1n) is 10.6. The van der Waals surface area contributed by atoms with Crippen LogP contribution in [-0.2, 0) is 27.5 Å². The summed E-state index contributed by atoms with van der Waals surface area (Å²) >= 11 is 0. The molecule has 184 valence electrons. The van der Waals surface area contributed by atoms with E-state index in [4.69, 9.17) is 27.9 Å². The Morgan fingerprint density at radius 2 is 1.45 bits per heavy atom. The van der Waals surface area contributed by atoms with Crippen molar-refractivity contribution in [2.75, 3.05) is 6.61 Å². The van der Waals surface area contributed by atoms with Crippen LogP contribution >= 0.6 is 7.82 Å². The molecular formula is C19H42NO8PSi2. The van der Waals surface area contributed by atoms with Gasteiger partial charge in [-0.3, -0.25) is 9.32 Å². The Hall–Kier alpha value is -0.106. The van der Waals surface area contributed by atoms with Gasteiger partial charge < -0.3 is 28.7 Å². The number of hydrogen-bond acceptors (Lipinski definition) is 6. The van der Waals surface area contributed by atoms with Crippen molar-refractivity contribution in [2.45, 2.75) is 109 Å². The summed E-state index contributed by atoms with van der Waals surface area (Å²) < 4.78 is 35.3. The fourth-order valence-electron chi connectivity index (χ4n) is 2.65. The second-order valence-electron chi connectivity index (χ2n) is 11.3. The Labute approximate surface area is 189 Å². The van der Waals surface area contributed by atoms with Crippen molar-refractivity contribution in [1.82, 2.24) is 5.32 Å². The van der Waals surface area contributed by atoms with E-state index in [1.165, 1.54) is 6.92 Å². The lowest BCUT2D eigenvalue weighted by Gasteiger charge is -2.43. The van der Waals surface area contributed by atoms with Crippen LogP contribution in [0.1, 0.15) is 48.5 Å². The summed E-state index contributed by atoms with van der Waals surface area (Å²) in [6, 6.07) is -0.673. The molecule has 9 nitrogen and oxygen atoms in total. The minimum absolute atomic E-state index is 0.0954. The van der Waals surface area contributed by atoms with Crippen molar-refractivity contribution >= 4 is 30.4 Å². The predicted octanol–water partition coefficient (Wildman–Crippen LogP) is 3.74. The molecule has 0 aromatic rings. The molecule has 1 saturated heterocycles. The van der Waals surface area contributed by atoms with E-state index < -0.39 is 55.6 Å². The highest BCUT2D eigenvalue weighted by molar-refractivity contribution is 7.46. The average Bonchev–Trinajstić information content (AvgIpc) is 2.78. The fraction of sp³-hybridized carbons (Fsp3) is 0.947. The van der Waals surface area contributed by atoms with E-state index in [1.54, 1.807) is 0 Å². The van der Waals surface area contributed by atoms with Gasteiger partial charge in [0.2, 0.25) is 5.91 Å². The van der Waals surface area contributed by atoms with E-state index in [0.717, 1.165) is 0 Å². The Balaban J connectivity index is 3.35. The lowest BCUT2D eigenvalue weighted by Crippen LogP contribution is -2.56. The van der Waals surface area contributed by atoms with E-state index in [-0.39, 0.29) is 16.0 Å². The number of carbonyl (C=O) groups excluding carboxylic acids is 1. The molecule has 3 N–H and O–H groups in total. The maximum absolute atomic E-state index is 12.0. The van der Waals surface area contributed by atoms with Crippen molar-refractivity contribution in [3.05, 3.63) is 0 Å². The van der Waals surface area contributed by atoms with Gasteiger partial charge in [0.05, 0.1) is 12.6 Å². The van der Waals surface area contributed by atoms with Crippen LogP contribution in [0.15, 0.2) is 0 Å². The summed E-state index contributed by atoms with van der Waals surface area (Å²) in [4.78, 5) is 30.3. The number of hydrogen-bond donors (Lipinski definition) is 3. The molecule has 1 rings (SSSR count). The molecule has 31 heavy (non-hydrogen) atoms. The topological polar surface area (TPSA) is 124 Å². The van der Waals surface area contributed by atoms with Gasteiger partial charge in [0.1, 0.15) is 12.2 Å². The van der Waals surface area contributed by atoms with Gasteiger partial charge in [-0.25, -0.2) is 4.57 Å². The number of rotatable bonds is 8. The number of amides is 1. The maximum Gasteiger partial charge on any atom is 0.469 e. The minimum Gasteiger partial charge on any atom is -0.407 e. The van der Waals surface area contributed by atoms with E-state index in [2.05, 4.69) is 73.0 Å². The lowest BCUT2D eigenvalue weighted by molar-refractivity contribution is -0.121. The van der Waals surface area contributed by atoms with Crippen molar-refractivity contribution in [3.63, 3.8) is 0 Å². The monoisotopic (exact) mass is 499 g/mol. The van der Waals surface area contributed by atoms with Crippen LogP contribution in [0.3, 0.4) is 0 Å². The summed E-state index contributed by atoms with van der Waals surface area (Å²) in [7, 11) is -9.30. The van der Waals surface area contributed by atoms with Crippen LogP contribution in [0, 0.1) is 0 Å². The molecule has 0 saturated carbocycles. The maximum atomic E-state index is 12.0. The Kier molecular flexibility index (Phi) is 8.99. The van der Waals surface area contributed by atoms with Gasteiger partial charge in [0.25, 0.3) is 0 Å². The molecule has 1 aliphatic heterocycles. The Morgan fingerprint density at radius 1 is 1.00 bits per heavy atom. The summed E-state index contributed by atoms with van der Waals surface area (Å²) in [6.07, 6.45) is -2.26. The van der Waals surface area contributed by atoms with Gasteiger partial charge in [0, 0.05) is 6.92 Å². The van der Waals surface area contributed by atoms with Gasteiger partial charge in [-0.15, -0.1) is 0 Å². The number of ether oxygens (including phenoxy) is 1. The molecule has 0 aromatic heterocycles. The summed E-state index contributed by atoms with van der Waals surface area (Å²) in [6.45, 7) is 22.0. The lowest BCUT2D eigenvalue weighted by atomic mass is 10.1. The smallest absolute Gasteiger partial charge is 0.407 e. The molecule has 0 unspecified atom stereocenters. The van der Waals surface area contributed by atoms with Gasteiger partial charge in [0.15, 0.2) is 22.9 Å². The molecule has 1 fully saturated rings. The highest BCUT2D eigenvalue weighted by atomic mass is 31.2. The van der Waals surface area contributed by atoms with Crippen LogP contribution in [0.5, 0.6) is 0 Å². The SMILES string of the molecule is CC(=O)N[C@H]1[C@@H](O[Si](C)(C)C(C)(C)C)[C@H](O[Si](C)(C)C(C)(C)C)O[C@@H]1COP(=O)(O)O. The van der Waals surface area contributed by atoms with E-state index in [9.17, 15) is 9.36 Å². The molecule has 1 heterocycles. The van der Waals surface area contributed by atoms with Crippen LogP contribution < -0.4 is 5.32 Å². The molecule has 0 radical (unpaired) electrons. The third-order valence-electron chi connectivity index (χ3n) is 6.56. The second kappa shape index (κ2) is 9.64. The summed E-state index contributed by atoms with van der Waals surface area (Å²) in [5.74, 6) is -0.299. The minimum atomic E-state index is -4.71. The predicted molar refractivity (Wildman–Crippen MR) is 125 cm³/mol. The third kappa shape index (κ3) is 8.01. The summed E-state index contributed by atoms with van der Waals surface area (Å²) in [5, 5.41) is 2.65. The van der Waals surface area contributed by atoms with Crippen molar-refractivity contribution < 1.29 is 37.3 Å². The van der Waals surface area contributed by atoms with Crippen molar-refractivity contribution in [3.8, 4) is 0 Å². The average molecular weight is 500 g/mol. The highest BCUT2D eigenvalue weighted by Crippen LogP contribution is 2.44.